The molecule has 1 heterocycles. The molecule has 0 radical (unpaired) electrons. The lowest BCUT2D eigenvalue weighted by Gasteiger charge is -2.40. The van der Waals surface area contributed by atoms with E-state index in [9.17, 15) is 0 Å². The standard InChI is InChI=1S/C14H18N2/c1-16-11-8-14(7-10-15,9-12-16)13-5-3-2-4-6-13/h2-6,16H,1,7-9,11-12H2. The van der Waals surface area contributed by atoms with Crippen LogP contribution in [0.25, 0.3) is 0 Å². The minimum absolute atomic E-state index is 0.0806. The number of quaternary nitrogens is 1. The van der Waals surface area contributed by atoms with Gasteiger partial charge in [-0.2, -0.15) is 12.3 Å². The van der Waals surface area contributed by atoms with Crippen molar-refractivity contribution < 1.29 is 4.90 Å². The van der Waals surface area contributed by atoms with Crippen molar-refractivity contribution in [2.45, 2.75) is 24.7 Å². The Bertz CT molecular complexity index is 369. The topological polar surface area (TPSA) is 28.2 Å². The molecular formula is C14H18N2. The van der Waals surface area contributed by atoms with Crippen LogP contribution in [0.3, 0.4) is 0 Å². The van der Waals surface area contributed by atoms with E-state index in [1.54, 1.807) is 0 Å². The Kier molecular flexibility index (Phi) is 3.26. The first-order valence-corrected chi connectivity index (χ1v) is 5.86. The van der Waals surface area contributed by atoms with Gasteiger partial charge in [-0.15, -0.1) is 0 Å². The fourth-order valence-corrected chi connectivity index (χ4v) is 2.59. The van der Waals surface area contributed by atoms with E-state index in [-0.39, 0.29) is 5.41 Å². The lowest BCUT2D eigenvalue weighted by Crippen LogP contribution is -3.08. The summed E-state index contributed by atoms with van der Waals surface area (Å²) in [6.07, 6.45) is 2.77. The maximum atomic E-state index is 9.04. The largest absolute Gasteiger partial charge is 0.468 e. The minimum Gasteiger partial charge on any atom is -0.468 e. The molecule has 16 heavy (non-hydrogen) atoms. The van der Waals surface area contributed by atoms with Gasteiger partial charge < -0.3 is 4.90 Å². The molecule has 84 valence electrons. The van der Waals surface area contributed by atoms with Gasteiger partial charge in [0.15, 0.2) is 0 Å². The van der Waals surface area contributed by atoms with Crippen LogP contribution in [-0.2, 0) is 5.41 Å². The van der Waals surface area contributed by atoms with Gasteiger partial charge in [0, 0.05) is 24.7 Å². The third-order valence-electron chi connectivity index (χ3n) is 3.72. The second-order valence-electron chi connectivity index (χ2n) is 4.73. The van der Waals surface area contributed by atoms with Crippen LogP contribution in [0.4, 0.5) is 0 Å². The molecule has 1 aliphatic rings. The highest BCUT2D eigenvalue weighted by Gasteiger charge is 2.35. The van der Waals surface area contributed by atoms with Crippen LogP contribution in [0, 0.1) is 18.4 Å². The number of benzene rings is 1. The molecule has 0 amide bonds. The number of nitrogens with one attached hydrogen (secondary N) is 1. The van der Waals surface area contributed by atoms with Gasteiger partial charge in [0.05, 0.1) is 19.2 Å². The second kappa shape index (κ2) is 4.67. The normalized spacial score (nSPS) is 29.6. The van der Waals surface area contributed by atoms with Crippen LogP contribution in [0.2, 0.25) is 0 Å². The van der Waals surface area contributed by atoms with E-state index in [0.717, 1.165) is 25.9 Å². The molecule has 1 aromatic carbocycles. The number of likely N-dealkylation sites (tertiary alicyclic amines) is 1. The SMILES string of the molecule is [CH2-][NH+]1CCC(CC#N)(c2ccccc2)CC1. The Hall–Kier alpha value is -1.33. The molecule has 1 N–H and O–H groups in total. The van der Waals surface area contributed by atoms with Gasteiger partial charge in [-0.3, -0.25) is 0 Å². The fourth-order valence-electron chi connectivity index (χ4n) is 2.59. The van der Waals surface area contributed by atoms with Gasteiger partial charge in [0.1, 0.15) is 0 Å². The van der Waals surface area contributed by atoms with E-state index in [4.69, 9.17) is 5.26 Å². The summed E-state index contributed by atoms with van der Waals surface area (Å²) in [5.41, 5.74) is 1.40. The van der Waals surface area contributed by atoms with E-state index in [0.29, 0.717) is 6.42 Å². The van der Waals surface area contributed by atoms with E-state index >= 15 is 0 Å². The Labute approximate surface area is 97.5 Å². The molecule has 2 nitrogen and oxygen atoms in total. The van der Waals surface area contributed by atoms with E-state index in [1.165, 1.54) is 10.5 Å². The first-order valence-electron chi connectivity index (χ1n) is 5.86. The molecule has 0 aromatic heterocycles. The summed E-state index contributed by atoms with van der Waals surface area (Å²) in [7, 11) is 4.05. The summed E-state index contributed by atoms with van der Waals surface area (Å²) < 4.78 is 0. The number of nitrogens with zero attached hydrogens (tertiary/aromatic N) is 1. The highest BCUT2D eigenvalue weighted by atomic mass is 15.1. The van der Waals surface area contributed by atoms with Gasteiger partial charge in [-0.25, -0.2) is 0 Å². The van der Waals surface area contributed by atoms with Gasteiger partial charge in [-0.05, 0) is 5.56 Å². The van der Waals surface area contributed by atoms with E-state index < -0.39 is 0 Å². The van der Waals surface area contributed by atoms with Crippen molar-refractivity contribution in [3.63, 3.8) is 0 Å². The monoisotopic (exact) mass is 214 g/mol. The zero-order chi connectivity index (χ0) is 11.4. The number of hydrogen-bond acceptors (Lipinski definition) is 1. The predicted octanol–water partition coefficient (Wildman–Crippen LogP) is 1.31. The quantitative estimate of drug-likeness (QED) is 0.739. The summed E-state index contributed by atoms with van der Waals surface area (Å²) in [5, 5.41) is 9.04. The van der Waals surface area contributed by atoms with Crippen molar-refractivity contribution in [2.75, 3.05) is 13.1 Å². The molecule has 1 fully saturated rings. The smallest absolute Gasteiger partial charge is 0.0631 e. The van der Waals surface area contributed by atoms with Crippen molar-refractivity contribution >= 4 is 0 Å². The molecule has 1 aromatic rings. The van der Waals surface area contributed by atoms with Crippen molar-refractivity contribution in [3.8, 4) is 6.07 Å². The molecule has 0 aliphatic carbocycles. The van der Waals surface area contributed by atoms with Gasteiger partial charge >= 0.3 is 0 Å². The molecule has 1 aliphatic heterocycles. The summed E-state index contributed by atoms with van der Waals surface area (Å²) in [6, 6.07) is 12.8. The average molecular weight is 214 g/mol. The van der Waals surface area contributed by atoms with E-state index in [2.05, 4.69) is 37.4 Å². The van der Waals surface area contributed by atoms with Crippen LogP contribution in [0.1, 0.15) is 24.8 Å². The summed E-state index contributed by atoms with van der Waals surface area (Å²) in [4.78, 5) is 1.34. The van der Waals surface area contributed by atoms with Crippen molar-refractivity contribution in [3.05, 3.63) is 42.9 Å². The third kappa shape index (κ3) is 2.10. The molecular weight excluding hydrogens is 196 g/mol. The molecule has 2 rings (SSSR count). The number of piperidine rings is 1. The Morgan fingerprint density at radius 3 is 2.44 bits per heavy atom. The van der Waals surface area contributed by atoms with Crippen LogP contribution < -0.4 is 4.90 Å². The van der Waals surface area contributed by atoms with Crippen molar-refractivity contribution in [2.24, 2.45) is 0 Å². The summed E-state index contributed by atoms with van der Waals surface area (Å²) >= 11 is 0. The molecule has 0 unspecified atom stereocenters. The molecule has 2 heteroatoms. The Morgan fingerprint density at radius 2 is 1.88 bits per heavy atom. The molecule has 1 saturated heterocycles. The first-order chi connectivity index (χ1) is 7.77. The number of hydrogen-bond donors (Lipinski definition) is 1. The minimum atomic E-state index is 0.0806. The van der Waals surface area contributed by atoms with Crippen LogP contribution in [0.5, 0.6) is 0 Å². The zero-order valence-electron chi connectivity index (χ0n) is 9.58. The predicted molar refractivity (Wildman–Crippen MR) is 63.6 cm³/mol. The molecule has 0 bridgehead atoms. The summed E-state index contributed by atoms with van der Waals surface area (Å²) in [6.45, 7) is 2.13. The van der Waals surface area contributed by atoms with Gasteiger partial charge in [0.25, 0.3) is 0 Å². The highest BCUT2D eigenvalue weighted by Crippen LogP contribution is 2.35. The number of nitriles is 1. The van der Waals surface area contributed by atoms with Gasteiger partial charge in [-0.1, -0.05) is 30.3 Å². The molecule has 0 saturated carbocycles. The molecule has 0 atom stereocenters. The Balaban J connectivity index is 2.27. The Morgan fingerprint density at radius 1 is 1.25 bits per heavy atom. The zero-order valence-corrected chi connectivity index (χ0v) is 9.58. The van der Waals surface area contributed by atoms with Crippen LogP contribution in [0.15, 0.2) is 30.3 Å². The fraction of sp³-hybridized carbons (Fsp3) is 0.429. The highest BCUT2D eigenvalue weighted by molar-refractivity contribution is 5.27. The second-order valence-corrected chi connectivity index (χ2v) is 4.73. The van der Waals surface area contributed by atoms with Crippen molar-refractivity contribution in [1.29, 1.82) is 5.26 Å². The van der Waals surface area contributed by atoms with Crippen molar-refractivity contribution in [1.82, 2.24) is 0 Å². The lowest BCUT2D eigenvalue weighted by atomic mass is 9.71. The molecule has 0 spiro atoms. The first kappa shape index (κ1) is 11.2. The van der Waals surface area contributed by atoms with Crippen LogP contribution in [-0.4, -0.2) is 13.1 Å². The maximum Gasteiger partial charge on any atom is 0.0631 e. The number of rotatable bonds is 2. The van der Waals surface area contributed by atoms with Crippen LogP contribution >= 0.6 is 0 Å². The average Bonchev–Trinajstić information content (AvgIpc) is 2.34. The lowest BCUT2D eigenvalue weighted by molar-refractivity contribution is -0.861. The van der Waals surface area contributed by atoms with Gasteiger partial charge in [0.2, 0.25) is 0 Å². The third-order valence-corrected chi connectivity index (χ3v) is 3.72. The maximum absolute atomic E-state index is 9.04. The van der Waals surface area contributed by atoms with E-state index in [1.807, 2.05) is 6.07 Å². The summed E-state index contributed by atoms with van der Waals surface area (Å²) in [5.74, 6) is 0.